The van der Waals surface area contributed by atoms with Crippen molar-refractivity contribution >= 4 is 18.7 Å². The molecule has 0 saturated carbocycles. The number of carbonyl (C=O) groups excluding carboxylic acids is 1. The van der Waals surface area contributed by atoms with Gasteiger partial charge in [0.25, 0.3) is 0 Å². The Morgan fingerprint density at radius 3 is 2.00 bits per heavy atom. The third-order valence-electron chi connectivity index (χ3n) is 6.08. The fourth-order valence-corrected chi connectivity index (χ4v) is 3.64. The minimum absolute atomic E-state index is 0.378. The van der Waals surface area contributed by atoms with Gasteiger partial charge in [0, 0.05) is 13.2 Å². The zero-order valence-corrected chi connectivity index (χ0v) is 18.8. The van der Waals surface area contributed by atoms with Crippen molar-refractivity contribution in [2.75, 3.05) is 13.2 Å². The number of hydrogen-bond acceptors (Lipinski definition) is 5. The Hall–Kier alpha value is -1.57. The van der Waals surface area contributed by atoms with E-state index < -0.39 is 24.4 Å². The summed E-state index contributed by atoms with van der Waals surface area (Å²) in [7, 11) is -0.404. The summed E-state index contributed by atoms with van der Waals surface area (Å²) in [5.41, 5.74) is 0.193. The van der Waals surface area contributed by atoms with E-state index in [2.05, 4.69) is 5.32 Å². The molecule has 1 amide bonds. The van der Waals surface area contributed by atoms with E-state index >= 15 is 0 Å². The number of carbonyl (C=O) groups is 1. The van der Waals surface area contributed by atoms with E-state index in [-0.39, 0.29) is 11.2 Å². The van der Waals surface area contributed by atoms with Crippen LogP contribution in [0, 0.1) is 0 Å². The van der Waals surface area contributed by atoms with Crippen molar-refractivity contribution in [2.45, 2.75) is 83.6 Å². The van der Waals surface area contributed by atoms with Gasteiger partial charge in [-0.1, -0.05) is 24.3 Å². The highest BCUT2D eigenvalue weighted by Gasteiger charge is 2.51. The van der Waals surface area contributed by atoms with Gasteiger partial charge in [-0.25, -0.2) is 4.79 Å². The van der Waals surface area contributed by atoms with Crippen molar-refractivity contribution in [2.24, 2.45) is 0 Å². The molecule has 2 aliphatic heterocycles. The molecule has 0 radical (unpaired) electrons. The molecule has 7 heteroatoms. The average Bonchev–Trinajstić information content (AvgIpc) is 2.82. The van der Waals surface area contributed by atoms with Gasteiger partial charge in [-0.15, -0.1) is 0 Å². The van der Waals surface area contributed by atoms with E-state index in [1.54, 1.807) is 0 Å². The summed E-state index contributed by atoms with van der Waals surface area (Å²) >= 11 is 0. The van der Waals surface area contributed by atoms with Crippen LogP contribution in [0.5, 0.6) is 0 Å². The lowest BCUT2D eigenvalue weighted by Crippen LogP contribution is -2.51. The van der Waals surface area contributed by atoms with E-state index in [1.165, 1.54) is 0 Å². The fraction of sp³-hybridized carbons (Fsp3) is 0.682. The Kier molecular flexibility index (Phi) is 5.80. The number of hydrogen-bond donors (Lipinski definition) is 1. The van der Waals surface area contributed by atoms with Crippen molar-refractivity contribution in [3.63, 3.8) is 0 Å². The van der Waals surface area contributed by atoms with Gasteiger partial charge in [-0.05, 0) is 72.3 Å². The van der Waals surface area contributed by atoms with Crippen LogP contribution in [0.25, 0.3) is 0 Å². The monoisotopic (exact) mass is 403 g/mol. The van der Waals surface area contributed by atoms with Gasteiger partial charge in [0.05, 0.1) is 16.7 Å². The first-order chi connectivity index (χ1) is 13.3. The fourth-order valence-electron chi connectivity index (χ4n) is 3.64. The van der Waals surface area contributed by atoms with Gasteiger partial charge in [0.15, 0.2) is 0 Å². The Bertz CT molecular complexity index is 717. The van der Waals surface area contributed by atoms with E-state index in [0.29, 0.717) is 26.1 Å². The van der Waals surface area contributed by atoms with Crippen molar-refractivity contribution < 1.29 is 23.6 Å². The second-order valence-corrected chi connectivity index (χ2v) is 10.0. The molecule has 6 nitrogen and oxygen atoms in total. The zero-order valence-electron chi connectivity index (χ0n) is 18.8. The molecule has 3 rings (SSSR count). The average molecular weight is 403 g/mol. The first-order valence-electron chi connectivity index (χ1n) is 10.4. The molecule has 2 saturated heterocycles. The van der Waals surface area contributed by atoms with Crippen LogP contribution in [-0.2, 0) is 24.3 Å². The number of rotatable bonds is 3. The van der Waals surface area contributed by atoms with Gasteiger partial charge < -0.3 is 24.1 Å². The van der Waals surface area contributed by atoms with Gasteiger partial charge in [0.2, 0.25) is 0 Å². The molecule has 0 aromatic heterocycles. The van der Waals surface area contributed by atoms with Crippen LogP contribution in [0.3, 0.4) is 0 Å². The lowest BCUT2D eigenvalue weighted by molar-refractivity contribution is 0.00578. The quantitative estimate of drug-likeness (QED) is 0.783. The molecule has 1 aromatic rings. The number of benzene rings is 1. The third-order valence-corrected chi connectivity index (χ3v) is 6.08. The molecule has 0 unspecified atom stereocenters. The van der Waals surface area contributed by atoms with E-state index in [9.17, 15) is 4.79 Å². The molecule has 160 valence electrons. The van der Waals surface area contributed by atoms with Crippen LogP contribution in [0.4, 0.5) is 4.79 Å². The van der Waals surface area contributed by atoms with Gasteiger partial charge in [0.1, 0.15) is 5.60 Å². The Balaban J connectivity index is 1.80. The normalized spacial score (nSPS) is 22.9. The Morgan fingerprint density at radius 1 is 1.00 bits per heavy atom. The number of amides is 1. The van der Waals surface area contributed by atoms with Crippen LogP contribution in [0.1, 0.15) is 66.9 Å². The van der Waals surface area contributed by atoms with Crippen molar-refractivity contribution in [1.82, 2.24) is 5.32 Å². The molecular weight excluding hydrogens is 369 g/mol. The summed E-state index contributed by atoms with van der Waals surface area (Å²) in [6.45, 7) is 15.0. The smallest absolute Gasteiger partial charge is 0.444 e. The summed E-state index contributed by atoms with van der Waals surface area (Å²) in [5.74, 6) is 0. The Morgan fingerprint density at radius 2 is 1.52 bits per heavy atom. The van der Waals surface area contributed by atoms with Crippen LogP contribution < -0.4 is 10.8 Å². The maximum atomic E-state index is 12.5. The van der Waals surface area contributed by atoms with Crippen LogP contribution in [0.2, 0.25) is 0 Å². The SMILES string of the molecule is CC(C)(C)OC(=O)NC1(c2ccc(B3OC(C)(C)C(C)(C)O3)cc2)CCOCC1. The molecule has 2 fully saturated rings. The first-order valence-corrected chi connectivity index (χ1v) is 10.4. The lowest BCUT2D eigenvalue weighted by atomic mass is 9.76. The largest absolute Gasteiger partial charge is 0.494 e. The van der Waals surface area contributed by atoms with E-state index in [0.717, 1.165) is 11.0 Å². The van der Waals surface area contributed by atoms with E-state index in [1.807, 2.05) is 72.7 Å². The number of ether oxygens (including phenoxy) is 2. The van der Waals surface area contributed by atoms with Crippen LogP contribution >= 0.6 is 0 Å². The number of alkyl carbamates (subject to hydrolysis) is 1. The van der Waals surface area contributed by atoms with Gasteiger partial charge in [-0.3, -0.25) is 0 Å². The predicted octanol–water partition coefficient (Wildman–Crippen LogP) is 3.52. The molecule has 1 aromatic carbocycles. The Labute approximate surface area is 174 Å². The molecular formula is C22H34BNO5. The molecule has 0 bridgehead atoms. The summed E-state index contributed by atoms with van der Waals surface area (Å²) in [5, 5.41) is 3.12. The highest BCUT2D eigenvalue weighted by atomic mass is 16.7. The summed E-state index contributed by atoms with van der Waals surface area (Å²) < 4.78 is 23.4. The summed E-state index contributed by atoms with van der Waals surface area (Å²) in [4.78, 5) is 12.5. The molecule has 29 heavy (non-hydrogen) atoms. The van der Waals surface area contributed by atoms with Crippen molar-refractivity contribution in [3.8, 4) is 0 Å². The standard InChI is InChI=1S/C22H34BNO5/c1-19(2,3)27-18(25)24-22(12-14-26-15-13-22)16-8-10-17(11-9-16)23-28-20(4,5)21(6,7)29-23/h8-11H,12-15H2,1-7H3,(H,24,25). The lowest BCUT2D eigenvalue weighted by Gasteiger charge is -2.39. The second kappa shape index (κ2) is 7.60. The first kappa shape index (κ1) is 22.1. The second-order valence-electron chi connectivity index (χ2n) is 10.0. The molecule has 2 aliphatic rings. The van der Waals surface area contributed by atoms with E-state index in [4.69, 9.17) is 18.8 Å². The minimum Gasteiger partial charge on any atom is -0.444 e. The molecule has 1 N–H and O–H groups in total. The van der Waals surface area contributed by atoms with Crippen LogP contribution in [-0.4, -0.2) is 43.2 Å². The van der Waals surface area contributed by atoms with Crippen LogP contribution in [0.15, 0.2) is 24.3 Å². The minimum atomic E-state index is -0.545. The van der Waals surface area contributed by atoms with Crippen molar-refractivity contribution in [1.29, 1.82) is 0 Å². The summed E-state index contributed by atoms with van der Waals surface area (Å²) in [6.07, 6.45) is 0.985. The van der Waals surface area contributed by atoms with Crippen molar-refractivity contribution in [3.05, 3.63) is 29.8 Å². The highest BCUT2D eigenvalue weighted by Crippen LogP contribution is 2.37. The maximum absolute atomic E-state index is 12.5. The molecule has 0 aliphatic carbocycles. The molecule has 0 atom stereocenters. The zero-order chi connectivity index (χ0) is 21.5. The highest BCUT2D eigenvalue weighted by molar-refractivity contribution is 6.62. The third kappa shape index (κ3) is 4.78. The van der Waals surface area contributed by atoms with Gasteiger partial charge in [-0.2, -0.15) is 0 Å². The topological polar surface area (TPSA) is 66.0 Å². The summed E-state index contributed by atoms with van der Waals surface area (Å²) in [6, 6.07) is 8.13. The van der Waals surface area contributed by atoms with Gasteiger partial charge >= 0.3 is 13.2 Å². The molecule has 2 heterocycles. The molecule has 0 spiro atoms. The maximum Gasteiger partial charge on any atom is 0.494 e. The predicted molar refractivity (Wildman–Crippen MR) is 113 cm³/mol. The number of nitrogens with one attached hydrogen (secondary N) is 1.